The van der Waals surface area contributed by atoms with E-state index in [4.69, 9.17) is 9.57 Å². The highest BCUT2D eigenvalue weighted by Crippen LogP contribution is 2.43. The first-order valence-electron chi connectivity index (χ1n) is 9.39. The van der Waals surface area contributed by atoms with E-state index in [1.165, 1.54) is 17.7 Å². The zero-order valence-electron chi connectivity index (χ0n) is 16.1. The Bertz CT molecular complexity index is 1210. The number of fused-ring (bicyclic) bond motifs is 3. The number of methoxy groups -OCH3 is 1. The minimum Gasteiger partial charge on any atom is -0.452 e. The first kappa shape index (κ1) is 17.8. The van der Waals surface area contributed by atoms with Gasteiger partial charge in [-0.2, -0.15) is 9.94 Å². The van der Waals surface area contributed by atoms with Crippen LogP contribution in [0.4, 0.5) is 15.9 Å². The van der Waals surface area contributed by atoms with E-state index >= 15 is 0 Å². The van der Waals surface area contributed by atoms with Gasteiger partial charge in [-0.05, 0) is 42.7 Å². The van der Waals surface area contributed by atoms with Crippen molar-refractivity contribution in [3.05, 3.63) is 82.0 Å². The standard InChI is InChI=1S/C22H20FN4O2/c1-28-19-11-14-5-3-4-6-18(14)21-20-15(13-27(19,21)29-2)12-24-26-22(20)25-17-9-7-16(23)8-10-17/h4,6-13H,3,5H2,1-2H3,(H,25,26)/q+1. The van der Waals surface area contributed by atoms with Crippen molar-refractivity contribution in [3.8, 4) is 0 Å². The van der Waals surface area contributed by atoms with Gasteiger partial charge in [0.15, 0.2) is 17.7 Å². The molecule has 0 radical (unpaired) electrons. The smallest absolute Gasteiger partial charge is 0.335 e. The normalized spacial score (nSPS) is 21.8. The van der Waals surface area contributed by atoms with Crippen molar-refractivity contribution in [1.82, 2.24) is 10.2 Å². The number of nitrogens with one attached hydrogen (secondary N) is 1. The van der Waals surface area contributed by atoms with E-state index in [0.717, 1.165) is 40.2 Å². The summed E-state index contributed by atoms with van der Waals surface area (Å²) in [5.74, 6) is 0.975. The van der Waals surface area contributed by atoms with Crippen molar-refractivity contribution in [1.29, 1.82) is 0 Å². The van der Waals surface area contributed by atoms with Crippen LogP contribution in [-0.4, -0.2) is 29.1 Å². The summed E-state index contributed by atoms with van der Waals surface area (Å²) in [7, 11) is 3.30. The molecular weight excluding hydrogens is 371 g/mol. The molecule has 5 rings (SSSR count). The summed E-state index contributed by atoms with van der Waals surface area (Å²) in [6.45, 7) is 0. The van der Waals surface area contributed by atoms with E-state index in [1.807, 2.05) is 6.20 Å². The average Bonchev–Trinajstić information content (AvgIpc) is 3.11. The van der Waals surface area contributed by atoms with Crippen LogP contribution in [-0.2, 0) is 9.57 Å². The van der Waals surface area contributed by atoms with Crippen molar-refractivity contribution in [2.45, 2.75) is 12.8 Å². The molecule has 0 spiro atoms. The van der Waals surface area contributed by atoms with Crippen molar-refractivity contribution < 1.29 is 18.6 Å². The lowest BCUT2D eigenvalue weighted by molar-refractivity contribution is -0.962. The number of allylic oxidation sites excluding steroid dienone is 3. The lowest BCUT2D eigenvalue weighted by atomic mass is 9.91. The Hall–Kier alpha value is -3.29. The fourth-order valence-electron chi connectivity index (χ4n) is 4.15. The molecule has 1 aromatic heterocycles. The van der Waals surface area contributed by atoms with E-state index < -0.39 is 0 Å². The Kier molecular flexibility index (Phi) is 4.08. The molecule has 146 valence electrons. The van der Waals surface area contributed by atoms with Crippen molar-refractivity contribution in [2.75, 3.05) is 19.5 Å². The SMILES string of the molecule is COC1=CC2=C(C=CCC2)C2=c3c(Nc4ccc(F)cc4)nncc3=C[N+]12OC. The molecule has 7 heteroatoms. The van der Waals surface area contributed by atoms with Gasteiger partial charge >= 0.3 is 5.88 Å². The molecule has 0 saturated carbocycles. The van der Waals surface area contributed by atoms with Crippen LogP contribution in [0.2, 0.25) is 0 Å². The first-order chi connectivity index (χ1) is 14.2. The molecule has 0 saturated heterocycles. The largest absolute Gasteiger partial charge is 0.452 e. The van der Waals surface area contributed by atoms with Crippen LogP contribution < -0.4 is 15.8 Å². The highest BCUT2D eigenvalue weighted by atomic mass is 19.1. The van der Waals surface area contributed by atoms with Crippen LogP contribution in [0.15, 0.2) is 65.7 Å². The van der Waals surface area contributed by atoms with Gasteiger partial charge < -0.3 is 10.1 Å². The third-order valence-corrected chi connectivity index (χ3v) is 5.47. The molecule has 1 atom stereocenters. The minimum absolute atomic E-state index is 0.000474. The van der Waals surface area contributed by atoms with Crippen molar-refractivity contribution in [2.24, 2.45) is 0 Å². The zero-order chi connectivity index (χ0) is 20.0. The molecule has 6 nitrogen and oxygen atoms in total. The van der Waals surface area contributed by atoms with Gasteiger partial charge in [-0.25, -0.2) is 4.39 Å². The number of ether oxygens (including phenoxy) is 1. The van der Waals surface area contributed by atoms with Crippen LogP contribution in [0.1, 0.15) is 12.8 Å². The number of aromatic nitrogens is 2. The summed E-state index contributed by atoms with van der Waals surface area (Å²) in [6, 6.07) is 6.16. The fraction of sp³-hybridized carbons (Fsp3) is 0.182. The summed E-state index contributed by atoms with van der Waals surface area (Å²) in [4.78, 5) is 6.01. The summed E-state index contributed by atoms with van der Waals surface area (Å²) >= 11 is 0. The maximum Gasteiger partial charge on any atom is 0.335 e. The molecule has 29 heavy (non-hydrogen) atoms. The van der Waals surface area contributed by atoms with Crippen molar-refractivity contribution in [3.63, 3.8) is 0 Å². The number of halogens is 1. The minimum atomic E-state index is -0.290. The average molecular weight is 391 g/mol. The topological polar surface area (TPSA) is 56.3 Å². The van der Waals surface area contributed by atoms with E-state index in [9.17, 15) is 4.39 Å². The molecule has 3 aliphatic rings. The molecule has 0 fully saturated rings. The van der Waals surface area contributed by atoms with E-state index in [1.54, 1.807) is 32.5 Å². The highest BCUT2D eigenvalue weighted by Gasteiger charge is 2.49. The van der Waals surface area contributed by atoms with E-state index in [-0.39, 0.29) is 10.5 Å². The second kappa shape index (κ2) is 6.65. The van der Waals surface area contributed by atoms with Crippen LogP contribution in [0.5, 0.6) is 0 Å². The Balaban J connectivity index is 1.79. The Morgan fingerprint density at radius 1 is 1.17 bits per heavy atom. The highest BCUT2D eigenvalue weighted by molar-refractivity contribution is 5.75. The number of hydrogen-bond donors (Lipinski definition) is 1. The number of hydroxylamine groups is 3. The number of hydrogen-bond acceptors (Lipinski definition) is 5. The van der Waals surface area contributed by atoms with Gasteiger partial charge in [-0.15, -0.1) is 5.10 Å². The van der Waals surface area contributed by atoms with Gasteiger partial charge in [-0.3, -0.25) is 0 Å². The molecular formula is C22H20FN4O2+. The first-order valence-corrected chi connectivity index (χ1v) is 9.39. The van der Waals surface area contributed by atoms with E-state index in [2.05, 4.69) is 33.7 Å². The predicted molar refractivity (Wildman–Crippen MR) is 107 cm³/mol. The van der Waals surface area contributed by atoms with E-state index in [0.29, 0.717) is 11.7 Å². The predicted octanol–water partition coefficient (Wildman–Crippen LogP) is 2.75. The number of anilines is 2. The molecule has 0 amide bonds. The van der Waals surface area contributed by atoms with Gasteiger partial charge in [0.2, 0.25) is 0 Å². The molecule has 1 N–H and O–H groups in total. The van der Waals surface area contributed by atoms with Gasteiger partial charge in [0, 0.05) is 17.3 Å². The quantitative estimate of drug-likeness (QED) is 0.813. The van der Waals surface area contributed by atoms with Gasteiger partial charge in [0.05, 0.1) is 30.9 Å². The van der Waals surface area contributed by atoms with Gasteiger partial charge in [-0.1, -0.05) is 16.8 Å². The lowest BCUT2D eigenvalue weighted by Crippen LogP contribution is -2.42. The Morgan fingerprint density at radius 3 is 2.76 bits per heavy atom. The number of quaternary nitrogens is 1. The molecule has 1 unspecified atom stereocenters. The zero-order valence-corrected chi connectivity index (χ0v) is 16.1. The van der Waals surface area contributed by atoms with Crippen LogP contribution in [0.25, 0.3) is 11.9 Å². The summed E-state index contributed by atoms with van der Waals surface area (Å²) in [5.41, 5.74) is 3.97. The molecule has 1 aliphatic carbocycles. The molecule has 3 heterocycles. The Labute approximate surface area is 167 Å². The van der Waals surface area contributed by atoms with Crippen LogP contribution in [0, 0.1) is 5.82 Å². The third kappa shape index (κ3) is 2.62. The molecule has 2 aromatic rings. The summed E-state index contributed by atoms with van der Waals surface area (Å²) in [6.07, 6.45) is 12.0. The fourth-order valence-corrected chi connectivity index (χ4v) is 4.15. The number of rotatable bonds is 4. The van der Waals surface area contributed by atoms with Crippen LogP contribution in [0.3, 0.4) is 0 Å². The monoisotopic (exact) mass is 391 g/mol. The molecule has 2 aliphatic heterocycles. The lowest BCUT2D eigenvalue weighted by Gasteiger charge is -2.34. The van der Waals surface area contributed by atoms with Crippen LogP contribution >= 0.6 is 0 Å². The van der Waals surface area contributed by atoms with Crippen molar-refractivity contribution >= 4 is 23.4 Å². The molecule has 0 bridgehead atoms. The number of benzene rings is 1. The summed E-state index contributed by atoms with van der Waals surface area (Å²) in [5, 5.41) is 13.6. The second-order valence-corrected chi connectivity index (χ2v) is 7.04. The number of nitrogens with zero attached hydrogens (tertiary/aromatic N) is 3. The van der Waals surface area contributed by atoms with Gasteiger partial charge in [0.1, 0.15) is 5.82 Å². The maximum atomic E-state index is 13.3. The second-order valence-electron chi connectivity index (χ2n) is 7.04. The van der Waals surface area contributed by atoms with Gasteiger partial charge in [0.25, 0.3) is 0 Å². The Morgan fingerprint density at radius 2 is 2.00 bits per heavy atom. The summed E-state index contributed by atoms with van der Waals surface area (Å²) < 4.78 is 19.1. The molecule has 1 aromatic carbocycles. The maximum absolute atomic E-state index is 13.3. The third-order valence-electron chi connectivity index (χ3n) is 5.47.